The number of aromatic nitrogens is 2. The van der Waals surface area contributed by atoms with Crippen LogP contribution in [0.3, 0.4) is 0 Å². The molecule has 1 N–H and O–H groups in total. The Morgan fingerprint density at radius 3 is 2.52 bits per heavy atom. The Kier molecular flexibility index (Phi) is 5.47. The minimum absolute atomic E-state index is 0.132. The highest BCUT2D eigenvalue weighted by atomic mass is 16.5. The number of nitrogens with zero attached hydrogens (tertiary/aromatic N) is 2. The van der Waals surface area contributed by atoms with E-state index >= 15 is 0 Å². The summed E-state index contributed by atoms with van der Waals surface area (Å²) >= 11 is 0. The van der Waals surface area contributed by atoms with Gasteiger partial charge in [-0.1, -0.05) is 18.2 Å². The number of nitrogens with one attached hydrogen (secondary N) is 1. The first-order valence-electron chi connectivity index (χ1n) is 9.54. The maximum Gasteiger partial charge on any atom is 0.252 e. The molecule has 0 atom stereocenters. The number of rotatable bonds is 6. The number of hydrogen-bond acceptors (Lipinski definition) is 4. The van der Waals surface area contributed by atoms with Gasteiger partial charge in [-0.15, -0.1) is 0 Å². The lowest BCUT2D eigenvalue weighted by atomic mass is 10.0. The van der Waals surface area contributed by atoms with Gasteiger partial charge in [0.1, 0.15) is 5.75 Å². The normalized spacial score (nSPS) is 10.7. The van der Waals surface area contributed by atoms with Crippen LogP contribution < -0.4 is 10.1 Å². The molecule has 0 unspecified atom stereocenters. The third-order valence-electron chi connectivity index (χ3n) is 4.62. The third kappa shape index (κ3) is 4.24. The van der Waals surface area contributed by atoms with Gasteiger partial charge in [0.05, 0.1) is 23.4 Å². The highest BCUT2D eigenvalue weighted by Crippen LogP contribution is 2.26. The van der Waals surface area contributed by atoms with Crippen molar-refractivity contribution in [2.24, 2.45) is 0 Å². The van der Waals surface area contributed by atoms with Gasteiger partial charge in [-0.2, -0.15) is 0 Å². The van der Waals surface area contributed by atoms with Gasteiger partial charge in [-0.3, -0.25) is 9.78 Å². The van der Waals surface area contributed by atoms with E-state index in [1.54, 1.807) is 12.4 Å². The van der Waals surface area contributed by atoms with E-state index in [9.17, 15) is 4.79 Å². The maximum absolute atomic E-state index is 13.0. The van der Waals surface area contributed by atoms with Crippen molar-refractivity contribution in [1.82, 2.24) is 15.3 Å². The Labute approximate surface area is 169 Å². The average molecular weight is 383 g/mol. The summed E-state index contributed by atoms with van der Waals surface area (Å²) < 4.78 is 5.51. The van der Waals surface area contributed by atoms with Crippen molar-refractivity contribution < 1.29 is 9.53 Å². The van der Waals surface area contributed by atoms with Crippen LogP contribution in [0.5, 0.6) is 5.75 Å². The fourth-order valence-electron chi connectivity index (χ4n) is 3.18. The first-order chi connectivity index (χ1) is 14.2. The molecule has 0 saturated heterocycles. The quantitative estimate of drug-likeness (QED) is 0.527. The second kappa shape index (κ2) is 8.52. The fraction of sp³-hybridized carbons (Fsp3) is 0.125. The van der Waals surface area contributed by atoms with Gasteiger partial charge in [0, 0.05) is 29.9 Å². The molecule has 5 nitrogen and oxygen atoms in total. The molecule has 5 heteroatoms. The zero-order valence-electron chi connectivity index (χ0n) is 16.1. The molecule has 0 radical (unpaired) electrons. The predicted molar refractivity (Wildman–Crippen MR) is 114 cm³/mol. The Morgan fingerprint density at radius 2 is 1.76 bits per heavy atom. The maximum atomic E-state index is 13.0. The molecule has 0 fully saturated rings. The van der Waals surface area contributed by atoms with Crippen LogP contribution in [-0.2, 0) is 6.54 Å². The summed E-state index contributed by atoms with van der Waals surface area (Å²) in [6, 6.07) is 21.1. The molecule has 0 aliphatic carbocycles. The van der Waals surface area contributed by atoms with Gasteiger partial charge in [0.25, 0.3) is 5.91 Å². The van der Waals surface area contributed by atoms with Gasteiger partial charge in [-0.05, 0) is 61.0 Å². The molecule has 4 aromatic rings. The van der Waals surface area contributed by atoms with Crippen molar-refractivity contribution in [3.8, 4) is 17.0 Å². The SMILES string of the molecule is CCOc1ccc(-c2cc(C(=O)NCc3ccncc3)c3ccccc3n2)cc1. The molecule has 0 aliphatic heterocycles. The van der Waals surface area contributed by atoms with Crippen molar-refractivity contribution in [3.63, 3.8) is 0 Å². The first-order valence-corrected chi connectivity index (χ1v) is 9.54. The number of amides is 1. The van der Waals surface area contributed by atoms with E-state index in [4.69, 9.17) is 9.72 Å². The van der Waals surface area contributed by atoms with E-state index in [2.05, 4.69) is 10.3 Å². The summed E-state index contributed by atoms with van der Waals surface area (Å²) in [5, 5.41) is 3.83. The smallest absolute Gasteiger partial charge is 0.252 e. The average Bonchev–Trinajstić information content (AvgIpc) is 2.78. The molecule has 0 bridgehead atoms. The van der Waals surface area contributed by atoms with Crippen LogP contribution in [0.1, 0.15) is 22.8 Å². The van der Waals surface area contributed by atoms with E-state index < -0.39 is 0 Å². The van der Waals surface area contributed by atoms with Crippen LogP contribution in [0, 0.1) is 0 Å². The van der Waals surface area contributed by atoms with E-state index in [0.29, 0.717) is 18.7 Å². The lowest BCUT2D eigenvalue weighted by Crippen LogP contribution is -2.23. The number of benzene rings is 2. The van der Waals surface area contributed by atoms with E-state index in [1.807, 2.05) is 73.7 Å². The first kappa shape index (κ1) is 18.6. The van der Waals surface area contributed by atoms with Gasteiger partial charge in [0.15, 0.2) is 0 Å². The topological polar surface area (TPSA) is 64.1 Å². The summed E-state index contributed by atoms with van der Waals surface area (Å²) in [5.41, 5.74) is 4.07. The number of hydrogen-bond donors (Lipinski definition) is 1. The van der Waals surface area contributed by atoms with Crippen LogP contribution in [0.15, 0.2) is 79.1 Å². The molecule has 0 aliphatic rings. The Bertz CT molecular complexity index is 1130. The molecule has 0 spiro atoms. The van der Waals surface area contributed by atoms with E-state index in [0.717, 1.165) is 33.5 Å². The summed E-state index contributed by atoms with van der Waals surface area (Å²) in [4.78, 5) is 21.7. The molecule has 0 saturated carbocycles. The summed E-state index contributed by atoms with van der Waals surface area (Å²) in [7, 11) is 0. The van der Waals surface area contributed by atoms with Crippen molar-refractivity contribution in [3.05, 3.63) is 90.3 Å². The molecule has 2 aromatic heterocycles. The fourth-order valence-corrected chi connectivity index (χ4v) is 3.18. The summed E-state index contributed by atoms with van der Waals surface area (Å²) in [5.74, 6) is 0.681. The molecule has 29 heavy (non-hydrogen) atoms. The highest BCUT2D eigenvalue weighted by molar-refractivity contribution is 6.07. The Balaban J connectivity index is 1.68. The predicted octanol–water partition coefficient (Wildman–Crippen LogP) is 4.63. The zero-order valence-corrected chi connectivity index (χ0v) is 16.1. The van der Waals surface area contributed by atoms with Crippen LogP contribution >= 0.6 is 0 Å². The number of para-hydroxylation sites is 1. The van der Waals surface area contributed by atoms with Crippen molar-refractivity contribution >= 4 is 16.8 Å². The van der Waals surface area contributed by atoms with Crippen LogP contribution in [-0.4, -0.2) is 22.5 Å². The molecule has 2 aromatic carbocycles. The van der Waals surface area contributed by atoms with Crippen LogP contribution in [0.4, 0.5) is 0 Å². The largest absolute Gasteiger partial charge is 0.494 e. The zero-order chi connectivity index (χ0) is 20.1. The number of fused-ring (bicyclic) bond motifs is 1. The molecular weight excluding hydrogens is 362 g/mol. The van der Waals surface area contributed by atoms with Crippen molar-refractivity contribution in [2.75, 3.05) is 6.61 Å². The second-order valence-electron chi connectivity index (χ2n) is 6.57. The minimum Gasteiger partial charge on any atom is -0.494 e. The Hall–Kier alpha value is -3.73. The number of carbonyl (C=O) groups excluding carboxylic acids is 1. The third-order valence-corrected chi connectivity index (χ3v) is 4.62. The Morgan fingerprint density at radius 1 is 1.00 bits per heavy atom. The van der Waals surface area contributed by atoms with E-state index in [-0.39, 0.29) is 5.91 Å². The minimum atomic E-state index is -0.132. The summed E-state index contributed by atoms with van der Waals surface area (Å²) in [6.07, 6.45) is 3.43. The lowest BCUT2D eigenvalue weighted by Gasteiger charge is -2.11. The summed E-state index contributed by atoms with van der Waals surface area (Å²) in [6.45, 7) is 3.02. The van der Waals surface area contributed by atoms with Crippen LogP contribution in [0.25, 0.3) is 22.2 Å². The van der Waals surface area contributed by atoms with Gasteiger partial charge in [-0.25, -0.2) is 4.98 Å². The monoisotopic (exact) mass is 383 g/mol. The van der Waals surface area contributed by atoms with Crippen molar-refractivity contribution in [2.45, 2.75) is 13.5 Å². The number of carbonyl (C=O) groups is 1. The van der Waals surface area contributed by atoms with Crippen LogP contribution in [0.2, 0.25) is 0 Å². The van der Waals surface area contributed by atoms with E-state index in [1.165, 1.54) is 0 Å². The number of pyridine rings is 2. The molecule has 1 amide bonds. The molecule has 144 valence electrons. The standard InChI is InChI=1S/C24H21N3O2/c1-2-29-19-9-7-18(8-10-19)23-15-21(20-5-3-4-6-22(20)27-23)24(28)26-16-17-11-13-25-14-12-17/h3-15H,2,16H2,1H3,(H,26,28). The molecule has 2 heterocycles. The lowest BCUT2D eigenvalue weighted by molar-refractivity contribution is 0.0952. The van der Waals surface area contributed by atoms with Gasteiger partial charge in [0.2, 0.25) is 0 Å². The van der Waals surface area contributed by atoms with Gasteiger partial charge >= 0.3 is 0 Å². The second-order valence-corrected chi connectivity index (χ2v) is 6.57. The highest BCUT2D eigenvalue weighted by Gasteiger charge is 2.14. The van der Waals surface area contributed by atoms with Gasteiger partial charge < -0.3 is 10.1 Å². The molecule has 4 rings (SSSR count). The van der Waals surface area contributed by atoms with Crippen molar-refractivity contribution in [1.29, 1.82) is 0 Å². The number of ether oxygens (including phenoxy) is 1. The molecular formula is C24H21N3O2.